The molecule has 0 aliphatic rings. The van der Waals surface area contributed by atoms with E-state index in [9.17, 15) is 9.59 Å². The van der Waals surface area contributed by atoms with Crippen molar-refractivity contribution in [3.05, 3.63) is 87.9 Å². The molecule has 0 unspecified atom stereocenters. The second kappa shape index (κ2) is 10.3. The van der Waals surface area contributed by atoms with Crippen LogP contribution < -0.4 is 10.1 Å². The van der Waals surface area contributed by atoms with Gasteiger partial charge in [-0.25, -0.2) is 4.79 Å². The number of esters is 1. The van der Waals surface area contributed by atoms with Crippen molar-refractivity contribution in [1.82, 2.24) is 0 Å². The van der Waals surface area contributed by atoms with Gasteiger partial charge in [-0.05, 0) is 47.4 Å². The number of hydrogen-bond acceptors (Lipinski definition) is 4. The third kappa shape index (κ3) is 6.23. The van der Waals surface area contributed by atoms with Crippen LogP contribution in [-0.2, 0) is 20.9 Å². The fourth-order valence-electron chi connectivity index (χ4n) is 2.68. The van der Waals surface area contributed by atoms with Crippen molar-refractivity contribution in [3.8, 4) is 11.5 Å². The van der Waals surface area contributed by atoms with E-state index >= 15 is 0 Å². The van der Waals surface area contributed by atoms with E-state index in [0.717, 1.165) is 11.1 Å². The molecule has 0 bridgehead atoms. The fourth-order valence-corrected chi connectivity index (χ4v) is 3.24. The van der Waals surface area contributed by atoms with Crippen LogP contribution in [0.5, 0.6) is 11.5 Å². The number of rotatable bonds is 6. The first kappa shape index (κ1) is 22.7. The summed E-state index contributed by atoms with van der Waals surface area (Å²) in [5.74, 6) is -0.856. The van der Waals surface area contributed by atoms with Crippen molar-refractivity contribution in [1.29, 1.82) is 0 Å². The lowest BCUT2D eigenvalue weighted by Gasteiger charge is -2.13. The molecule has 1 radical (unpaired) electrons. The van der Waals surface area contributed by atoms with Crippen molar-refractivity contribution in [2.75, 3.05) is 5.32 Å². The minimum atomic E-state index is -1.02. The predicted molar refractivity (Wildman–Crippen MR) is 121 cm³/mol. The summed E-state index contributed by atoms with van der Waals surface area (Å²) in [4.78, 5) is 24.1. The average molecular weight is 457 g/mol. The van der Waals surface area contributed by atoms with Crippen LogP contribution in [0.25, 0.3) is 0 Å². The second-order valence-electron chi connectivity index (χ2n) is 7.02. The highest BCUT2D eigenvalue weighted by molar-refractivity contribution is 6.39. The topological polar surface area (TPSA) is 64.6 Å². The van der Waals surface area contributed by atoms with Gasteiger partial charge in [-0.2, -0.15) is 0 Å². The average Bonchev–Trinajstić information content (AvgIpc) is 2.75. The van der Waals surface area contributed by atoms with E-state index in [1.54, 1.807) is 24.3 Å². The number of hydrogen-bond donors (Lipinski definition) is 1. The zero-order valence-corrected chi connectivity index (χ0v) is 18.5. The third-order valence-corrected chi connectivity index (χ3v) is 4.85. The maximum Gasteiger partial charge on any atom is 0.397 e. The van der Waals surface area contributed by atoms with E-state index in [-0.39, 0.29) is 34.0 Å². The van der Waals surface area contributed by atoms with Crippen LogP contribution in [0.15, 0.2) is 60.7 Å². The fraction of sp³-hybridized carbons (Fsp3) is 0.167. The lowest BCUT2D eigenvalue weighted by molar-refractivity contribution is -0.153. The summed E-state index contributed by atoms with van der Waals surface area (Å²) in [6, 6.07) is 20.5. The minimum Gasteiger partial charge on any atom is -0.454 e. The van der Waals surface area contributed by atoms with Gasteiger partial charge in [0.15, 0.2) is 5.75 Å². The summed E-state index contributed by atoms with van der Waals surface area (Å²) in [7, 11) is 0. The molecule has 31 heavy (non-hydrogen) atoms. The van der Waals surface area contributed by atoms with Crippen LogP contribution >= 0.6 is 23.2 Å². The molecule has 0 saturated heterocycles. The first-order valence-electron chi connectivity index (χ1n) is 9.54. The number of carbonyl (C=O) groups excluding carboxylic acids is 2. The Morgan fingerprint density at radius 1 is 1.03 bits per heavy atom. The van der Waals surface area contributed by atoms with Gasteiger partial charge >= 0.3 is 11.9 Å². The largest absolute Gasteiger partial charge is 0.454 e. The first-order valence-corrected chi connectivity index (χ1v) is 10.3. The van der Waals surface area contributed by atoms with Crippen LogP contribution in [0.4, 0.5) is 5.69 Å². The summed E-state index contributed by atoms with van der Waals surface area (Å²) in [6.45, 7) is 4.10. The Morgan fingerprint density at radius 3 is 2.35 bits per heavy atom. The van der Waals surface area contributed by atoms with Gasteiger partial charge in [0.1, 0.15) is 12.4 Å². The zero-order valence-electron chi connectivity index (χ0n) is 16.9. The normalized spacial score (nSPS) is 10.6. The highest BCUT2D eigenvalue weighted by Gasteiger charge is 2.18. The van der Waals surface area contributed by atoms with Gasteiger partial charge in [0.2, 0.25) is 0 Å². The number of carbonyl (C=O) groups is 2. The number of halogens is 2. The van der Waals surface area contributed by atoms with E-state index in [2.05, 4.69) is 25.2 Å². The molecule has 3 rings (SSSR count). The predicted octanol–water partition coefficient (Wildman–Crippen LogP) is 6.39. The van der Waals surface area contributed by atoms with Crippen molar-refractivity contribution in [2.24, 2.45) is 0 Å². The highest BCUT2D eigenvalue weighted by atomic mass is 35.5. The maximum atomic E-state index is 12.1. The summed E-state index contributed by atoms with van der Waals surface area (Å²) >= 11 is 12.6. The van der Waals surface area contributed by atoms with Gasteiger partial charge in [0, 0.05) is 5.69 Å². The maximum absolute atomic E-state index is 12.1. The molecule has 3 aromatic rings. The molecule has 0 fully saturated rings. The minimum absolute atomic E-state index is 0.00570. The quantitative estimate of drug-likeness (QED) is 0.344. The van der Waals surface area contributed by atoms with Crippen LogP contribution in [0.3, 0.4) is 0 Å². The SMILES string of the molecule is CC(C)c1[c]ccc(Oc2c(Cl)cc(NC(=O)C(=O)OCc3ccccc3)cc2Cl)c1. The van der Waals surface area contributed by atoms with E-state index in [4.69, 9.17) is 32.7 Å². The molecule has 0 aliphatic carbocycles. The van der Waals surface area contributed by atoms with Crippen LogP contribution in [0.2, 0.25) is 10.0 Å². The van der Waals surface area contributed by atoms with E-state index in [1.165, 1.54) is 12.1 Å². The third-order valence-electron chi connectivity index (χ3n) is 4.29. The molecular weight excluding hydrogens is 437 g/mol. The van der Waals surface area contributed by atoms with Crippen molar-refractivity contribution >= 4 is 40.8 Å². The number of benzene rings is 3. The molecule has 0 heterocycles. The Labute approximate surface area is 190 Å². The Bertz CT molecular complexity index is 1060. The van der Waals surface area contributed by atoms with Gasteiger partial charge in [0.25, 0.3) is 0 Å². The summed E-state index contributed by atoms with van der Waals surface area (Å²) in [5.41, 5.74) is 2.01. The zero-order chi connectivity index (χ0) is 22.4. The highest BCUT2D eigenvalue weighted by Crippen LogP contribution is 2.39. The van der Waals surface area contributed by atoms with E-state index in [0.29, 0.717) is 5.75 Å². The molecule has 0 atom stereocenters. The Balaban J connectivity index is 1.66. The van der Waals surface area contributed by atoms with E-state index in [1.807, 2.05) is 24.3 Å². The van der Waals surface area contributed by atoms with Gasteiger partial charge in [-0.3, -0.25) is 4.79 Å². The standard InChI is InChI=1S/C24H20Cl2NO4/c1-15(2)17-9-6-10-19(11-17)31-22-20(25)12-18(13-21(22)26)27-23(28)24(29)30-14-16-7-4-3-5-8-16/h3-8,10-13,15H,14H2,1-2H3,(H,27,28). The molecule has 7 heteroatoms. The van der Waals surface area contributed by atoms with Gasteiger partial charge in [0.05, 0.1) is 10.0 Å². The monoisotopic (exact) mass is 456 g/mol. The number of amides is 1. The van der Waals surface area contributed by atoms with E-state index < -0.39 is 11.9 Å². The molecular formula is C24H20Cl2NO4. The van der Waals surface area contributed by atoms with Crippen LogP contribution in [0, 0.1) is 6.07 Å². The van der Waals surface area contributed by atoms with Crippen molar-refractivity contribution < 1.29 is 19.1 Å². The van der Waals surface area contributed by atoms with Crippen LogP contribution in [0.1, 0.15) is 30.9 Å². The Morgan fingerprint density at radius 2 is 1.71 bits per heavy atom. The number of anilines is 1. The number of nitrogens with one attached hydrogen (secondary N) is 1. The molecule has 0 saturated carbocycles. The summed E-state index contributed by atoms with van der Waals surface area (Å²) in [5, 5.41) is 2.79. The summed E-state index contributed by atoms with van der Waals surface area (Å²) in [6.07, 6.45) is 0. The lowest BCUT2D eigenvalue weighted by Crippen LogP contribution is -2.25. The number of ether oxygens (including phenoxy) is 2. The van der Waals surface area contributed by atoms with Crippen LogP contribution in [-0.4, -0.2) is 11.9 Å². The molecule has 5 nitrogen and oxygen atoms in total. The van der Waals surface area contributed by atoms with Gasteiger partial charge in [-0.15, -0.1) is 0 Å². The Kier molecular flexibility index (Phi) is 7.55. The van der Waals surface area contributed by atoms with Gasteiger partial charge in [-0.1, -0.05) is 73.4 Å². The molecule has 0 spiro atoms. The molecule has 1 amide bonds. The molecule has 159 valence electrons. The first-order chi connectivity index (χ1) is 14.8. The van der Waals surface area contributed by atoms with Crippen molar-refractivity contribution in [2.45, 2.75) is 26.4 Å². The van der Waals surface area contributed by atoms with Crippen molar-refractivity contribution in [3.63, 3.8) is 0 Å². The molecule has 3 aromatic carbocycles. The Hall–Kier alpha value is -3.02. The molecule has 0 aromatic heterocycles. The summed E-state index contributed by atoms with van der Waals surface area (Å²) < 4.78 is 10.8. The van der Waals surface area contributed by atoms with Gasteiger partial charge < -0.3 is 14.8 Å². The second-order valence-corrected chi connectivity index (χ2v) is 7.84. The smallest absolute Gasteiger partial charge is 0.397 e. The lowest BCUT2D eigenvalue weighted by atomic mass is 10.0. The molecule has 1 N–H and O–H groups in total. The molecule has 0 aliphatic heterocycles.